The summed E-state index contributed by atoms with van der Waals surface area (Å²) in [6, 6.07) is 16.4. The lowest BCUT2D eigenvalue weighted by Gasteiger charge is -2.18. The van der Waals surface area contributed by atoms with Crippen molar-refractivity contribution in [3.8, 4) is 5.69 Å². The highest BCUT2D eigenvalue weighted by atomic mass is 32.2. The van der Waals surface area contributed by atoms with E-state index in [1.54, 1.807) is 20.0 Å². The Bertz CT molecular complexity index is 1170. The van der Waals surface area contributed by atoms with Crippen LogP contribution in [0, 0.1) is 0 Å². The van der Waals surface area contributed by atoms with E-state index >= 15 is 0 Å². The van der Waals surface area contributed by atoms with Gasteiger partial charge in [-0.15, -0.1) is 0 Å². The van der Waals surface area contributed by atoms with Gasteiger partial charge in [-0.1, -0.05) is 38.1 Å². The number of para-hydroxylation sites is 1. The van der Waals surface area contributed by atoms with Crippen molar-refractivity contribution in [3.05, 3.63) is 78.1 Å². The molecular weight excluding hydrogens is 418 g/mol. The first-order valence-electron chi connectivity index (χ1n) is 9.68. The summed E-state index contributed by atoms with van der Waals surface area (Å²) in [6.45, 7) is 4.13. The van der Waals surface area contributed by atoms with Gasteiger partial charge in [-0.25, -0.2) is 13.1 Å². The number of hydrazine groups is 1. The van der Waals surface area contributed by atoms with Crippen molar-refractivity contribution >= 4 is 21.8 Å². The minimum Gasteiger partial charge on any atom is -0.267 e. The Labute approximate surface area is 180 Å². The molecule has 0 atom stereocenters. The van der Waals surface area contributed by atoms with Crippen LogP contribution in [-0.4, -0.2) is 47.4 Å². The van der Waals surface area contributed by atoms with Gasteiger partial charge in [0, 0.05) is 24.8 Å². The van der Waals surface area contributed by atoms with Crippen LogP contribution in [0.15, 0.2) is 71.8 Å². The van der Waals surface area contributed by atoms with Crippen LogP contribution in [0.25, 0.3) is 5.69 Å². The summed E-state index contributed by atoms with van der Waals surface area (Å²) < 4.78 is 28.1. The van der Waals surface area contributed by atoms with Crippen LogP contribution in [0.4, 0.5) is 0 Å². The highest BCUT2D eigenvalue weighted by molar-refractivity contribution is 7.89. The Balaban J connectivity index is 1.67. The van der Waals surface area contributed by atoms with Crippen LogP contribution >= 0.6 is 0 Å². The smallest absolute Gasteiger partial charge is 0.267 e. The molecule has 3 rings (SSSR count). The van der Waals surface area contributed by atoms with Crippen LogP contribution in [0.1, 0.15) is 34.7 Å². The monoisotopic (exact) mass is 441 g/mol. The molecule has 0 spiro atoms. The second-order valence-electron chi connectivity index (χ2n) is 6.51. The van der Waals surface area contributed by atoms with E-state index in [-0.39, 0.29) is 16.2 Å². The number of rotatable bonds is 7. The molecule has 0 aliphatic heterocycles. The van der Waals surface area contributed by atoms with Crippen LogP contribution in [0.5, 0.6) is 0 Å². The van der Waals surface area contributed by atoms with Crippen molar-refractivity contribution in [2.45, 2.75) is 18.7 Å². The Morgan fingerprint density at radius 3 is 2.29 bits per heavy atom. The molecule has 0 aliphatic carbocycles. The lowest BCUT2D eigenvalue weighted by atomic mass is 10.2. The van der Waals surface area contributed by atoms with Crippen molar-refractivity contribution in [3.63, 3.8) is 0 Å². The SMILES string of the molecule is CCN(CC)S(=O)(=O)c1cccc(C(=O)NNC(=O)c2ccn(-c3ccccc3)n2)c1. The summed E-state index contributed by atoms with van der Waals surface area (Å²) in [5.41, 5.74) is 5.58. The molecule has 31 heavy (non-hydrogen) atoms. The zero-order chi connectivity index (χ0) is 22.4. The minimum absolute atomic E-state index is 0.0109. The molecule has 3 aromatic rings. The number of sulfonamides is 1. The third-order valence-electron chi connectivity index (χ3n) is 4.57. The van der Waals surface area contributed by atoms with Crippen LogP contribution in [0.3, 0.4) is 0 Å². The van der Waals surface area contributed by atoms with Gasteiger partial charge in [-0.2, -0.15) is 9.40 Å². The van der Waals surface area contributed by atoms with Gasteiger partial charge < -0.3 is 0 Å². The molecule has 0 fully saturated rings. The van der Waals surface area contributed by atoms with E-state index in [1.807, 2.05) is 30.3 Å². The second-order valence-corrected chi connectivity index (χ2v) is 8.44. The van der Waals surface area contributed by atoms with E-state index < -0.39 is 21.8 Å². The molecule has 9 nitrogen and oxygen atoms in total. The van der Waals surface area contributed by atoms with Gasteiger partial charge in [0.05, 0.1) is 10.6 Å². The minimum atomic E-state index is -3.70. The number of nitrogens with zero attached hydrogens (tertiary/aromatic N) is 3. The Hall–Kier alpha value is -3.50. The maximum Gasteiger partial charge on any atom is 0.290 e. The fourth-order valence-corrected chi connectivity index (χ4v) is 4.43. The van der Waals surface area contributed by atoms with Gasteiger partial charge in [0.15, 0.2) is 5.69 Å². The molecule has 0 radical (unpaired) electrons. The van der Waals surface area contributed by atoms with Crippen LogP contribution in [0.2, 0.25) is 0 Å². The van der Waals surface area contributed by atoms with Crippen LogP contribution < -0.4 is 10.9 Å². The molecule has 0 unspecified atom stereocenters. The number of hydrogen-bond donors (Lipinski definition) is 2. The van der Waals surface area contributed by atoms with Gasteiger partial charge in [0.25, 0.3) is 11.8 Å². The highest BCUT2D eigenvalue weighted by Gasteiger charge is 2.22. The average molecular weight is 442 g/mol. The Kier molecular flexibility index (Phi) is 6.83. The van der Waals surface area contributed by atoms with Crippen molar-refractivity contribution in [2.75, 3.05) is 13.1 Å². The molecule has 1 heterocycles. The van der Waals surface area contributed by atoms with Crippen molar-refractivity contribution < 1.29 is 18.0 Å². The third kappa shape index (κ3) is 4.98. The first kappa shape index (κ1) is 22.2. The molecule has 2 aromatic carbocycles. The molecule has 0 saturated carbocycles. The maximum atomic E-state index is 12.7. The van der Waals surface area contributed by atoms with Crippen molar-refractivity contribution in [1.29, 1.82) is 0 Å². The molecular formula is C21H23N5O4S. The number of amides is 2. The second kappa shape index (κ2) is 9.54. The quantitative estimate of drug-likeness (QED) is 0.544. The zero-order valence-corrected chi connectivity index (χ0v) is 18.0. The molecule has 162 valence electrons. The Morgan fingerprint density at radius 2 is 1.61 bits per heavy atom. The normalized spacial score (nSPS) is 11.3. The summed E-state index contributed by atoms with van der Waals surface area (Å²) in [5.74, 6) is -1.25. The van der Waals surface area contributed by atoms with Gasteiger partial charge in [0.2, 0.25) is 10.0 Å². The fourth-order valence-electron chi connectivity index (χ4n) is 2.93. The number of carbonyl (C=O) groups excluding carboxylic acids is 2. The third-order valence-corrected chi connectivity index (χ3v) is 6.62. The molecule has 0 saturated heterocycles. The molecule has 1 aromatic heterocycles. The zero-order valence-electron chi connectivity index (χ0n) is 17.1. The summed E-state index contributed by atoms with van der Waals surface area (Å²) in [5, 5.41) is 4.18. The molecule has 2 N–H and O–H groups in total. The molecule has 10 heteroatoms. The maximum absolute atomic E-state index is 12.7. The van der Waals surface area contributed by atoms with Crippen molar-refractivity contribution in [1.82, 2.24) is 24.9 Å². The number of aromatic nitrogens is 2. The highest BCUT2D eigenvalue weighted by Crippen LogP contribution is 2.17. The summed E-state index contributed by atoms with van der Waals surface area (Å²) in [7, 11) is -3.70. The largest absolute Gasteiger partial charge is 0.290 e. The summed E-state index contributed by atoms with van der Waals surface area (Å²) in [6.07, 6.45) is 1.63. The predicted octanol–water partition coefficient (Wildman–Crippen LogP) is 1.98. The van der Waals surface area contributed by atoms with E-state index in [9.17, 15) is 18.0 Å². The van der Waals surface area contributed by atoms with E-state index in [1.165, 1.54) is 39.3 Å². The molecule has 0 aliphatic rings. The Morgan fingerprint density at radius 1 is 0.935 bits per heavy atom. The van der Waals surface area contributed by atoms with Gasteiger partial charge in [0.1, 0.15) is 0 Å². The van der Waals surface area contributed by atoms with E-state index in [2.05, 4.69) is 16.0 Å². The number of carbonyl (C=O) groups is 2. The van der Waals surface area contributed by atoms with Crippen LogP contribution in [-0.2, 0) is 10.0 Å². The topological polar surface area (TPSA) is 113 Å². The van der Waals surface area contributed by atoms with Crippen molar-refractivity contribution in [2.24, 2.45) is 0 Å². The number of hydrogen-bond acceptors (Lipinski definition) is 5. The standard InChI is InChI=1S/C21H23N5O4S/c1-3-25(4-2)31(29,30)18-12-8-9-16(15-18)20(27)22-23-21(28)19-13-14-26(24-19)17-10-6-5-7-11-17/h5-15H,3-4H2,1-2H3,(H,22,27)(H,23,28). The number of benzene rings is 2. The summed E-state index contributed by atoms with van der Waals surface area (Å²) in [4.78, 5) is 24.8. The molecule has 0 bridgehead atoms. The summed E-state index contributed by atoms with van der Waals surface area (Å²) >= 11 is 0. The first-order chi connectivity index (χ1) is 14.9. The van der Waals surface area contributed by atoms with Gasteiger partial charge in [-0.05, 0) is 36.4 Å². The van der Waals surface area contributed by atoms with E-state index in [0.717, 1.165) is 5.69 Å². The lowest BCUT2D eigenvalue weighted by Crippen LogP contribution is -2.42. The fraction of sp³-hybridized carbons (Fsp3) is 0.190. The lowest BCUT2D eigenvalue weighted by molar-refractivity contribution is 0.0843. The van der Waals surface area contributed by atoms with E-state index in [0.29, 0.717) is 13.1 Å². The molecule has 2 amide bonds. The van der Waals surface area contributed by atoms with Gasteiger partial charge >= 0.3 is 0 Å². The predicted molar refractivity (Wildman–Crippen MR) is 115 cm³/mol. The number of nitrogens with one attached hydrogen (secondary N) is 2. The average Bonchev–Trinajstić information content (AvgIpc) is 3.29. The van der Waals surface area contributed by atoms with E-state index in [4.69, 9.17) is 0 Å². The van der Waals surface area contributed by atoms with Gasteiger partial charge in [-0.3, -0.25) is 20.4 Å². The first-order valence-corrected chi connectivity index (χ1v) is 11.1.